The van der Waals surface area contributed by atoms with Crippen molar-refractivity contribution in [3.05, 3.63) is 35.0 Å². The molecule has 1 saturated heterocycles. The van der Waals surface area contributed by atoms with Gasteiger partial charge < -0.3 is 19.9 Å². The smallest absolute Gasteiger partial charge is 0.268 e. The number of halogens is 1. The Balaban J connectivity index is 1.66. The fraction of sp³-hybridized carbons (Fsp3) is 0.667. The Morgan fingerprint density at radius 3 is 2.50 bits per heavy atom. The van der Waals surface area contributed by atoms with Crippen molar-refractivity contribution in [2.24, 2.45) is 0 Å². The number of nitrogens with one attached hydrogen (secondary N) is 1. The van der Waals surface area contributed by atoms with E-state index in [0.717, 1.165) is 25.0 Å². The second-order valence-electron chi connectivity index (χ2n) is 10.3. The van der Waals surface area contributed by atoms with Crippen molar-refractivity contribution in [1.82, 2.24) is 24.3 Å². The molecule has 0 aliphatic carbocycles. The van der Waals surface area contributed by atoms with Crippen LogP contribution in [0.4, 0.5) is 4.39 Å². The van der Waals surface area contributed by atoms with Crippen LogP contribution in [0.5, 0.6) is 5.75 Å². The number of likely N-dealkylation sites (N-methyl/N-ethyl adjacent to an activating group) is 1. The zero-order valence-corrected chi connectivity index (χ0v) is 23.9. The van der Waals surface area contributed by atoms with E-state index in [0.29, 0.717) is 69.3 Å². The molecule has 1 N–H and O–H groups in total. The Morgan fingerprint density at radius 1 is 1.11 bits per heavy atom. The number of rotatable bonds is 11. The molecule has 0 saturated carbocycles. The van der Waals surface area contributed by atoms with Gasteiger partial charge in [-0.2, -0.15) is 4.31 Å². The van der Waals surface area contributed by atoms with Gasteiger partial charge in [-0.25, -0.2) is 8.42 Å². The lowest BCUT2D eigenvalue weighted by atomic mass is 9.96. The van der Waals surface area contributed by atoms with Crippen molar-refractivity contribution in [2.75, 3.05) is 66.1 Å². The molecule has 1 aromatic rings. The summed E-state index contributed by atoms with van der Waals surface area (Å²) in [7, 11) is -1.81. The highest BCUT2D eigenvalue weighted by atomic mass is 32.2. The summed E-state index contributed by atoms with van der Waals surface area (Å²) in [5, 5.41) is 3.12. The van der Waals surface area contributed by atoms with Gasteiger partial charge in [0.25, 0.3) is 5.91 Å². The molecule has 38 heavy (non-hydrogen) atoms. The Bertz CT molecular complexity index is 1140. The summed E-state index contributed by atoms with van der Waals surface area (Å²) in [6.45, 7) is 10.4. The maximum atomic E-state index is 13.7. The van der Waals surface area contributed by atoms with Crippen molar-refractivity contribution in [3.63, 3.8) is 0 Å². The first-order valence-corrected chi connectivity index (χ1v) is 15.2. The molecule has 212 valence electrons. The standard InChI is InChI=1S/C27H42FN5O4S/c1-5-11-32-19-23-25(29-27(34)26(23)30(4)20(32)3)22-18-21(8-9-24(22)37-17-6-2)38(35,36)33-15-13-31(14-16-33)12-7-10-28/h8-9,18,20,25H,5-7,10-17,19H2,1-4H3,(H,29,34). The molecular weight excluding hydrogens is 509 g/mol. The number of benzene rings is 1. The van der Waals surface area contributed by atoms with Gasteiger partial charge in [-0.1, -0.05) is 13.8 Å². The fourth-order valence-corrected chi connectivity index (χ4v) is 7.06. The number of alkyl halides is 1. The lowest BCUT2D eigenvalue weighted by Crippen LogP contribution is -2.50. The van der Waals surface area contributed by atoms with Crippen molar-refractivity contribution in [1.29, 1.82) is 0 Å². The van der Waals surface area contributed by atoms with Crippen LogP contribution >= 0.6 is 0 Å². The maximum Gasteiger partial charge on any atom is 0.268 e. The van der Waals surface area contributed by atoms with Crippen LogP contribution in [-0.2, 0) is 14.8 Å². The number of ether oxygens (including phenoxy) is 1. The normalized spacial score (nSPS) is 23.6. The highest BCUT2D eigenvalue weighted by Gasteiger charge is 2.42. The van der Waals surface area contributed by atoms with Gasteiger partial charge in [0.15, 0.2) is 0 Å². The Kier molecular flexibility index (Phi) is 9.33. The molecule has 3 heterocycles. The number of hydrogen-bond donors (Lipinski definition) is 1. The molecule has 0 spiro atoms. The molecule has 0 bridgehead atoms. The molecule has 1 fully saturated rings. The highest BCUT2D eigenvalue weighted by molar-refractivity contribution is 7.89. The van der Waals surface area contributed by atoms with E-state index in [1.165, 1.54) is 4.31 Å². The lowest BCUT2D eigenvalue weighted by molar-refractivity contribution is -0.119. The average molecular weight is 552 g/mol. The summed E-state index contributed by atoms with van der Waals surface area (Å²) < 4.78 is 47.5. The van der Waals surface area contributed by atoms with E-state index in [9.17, 15) is 17.6 Å². The largest absolute Gasteiger partial charge is 0.493 e. The third kappa shape index (κ3) is 5.71. The molecule has 1 aromatic carbocycles. The zero-order chi connectivity index (χ0) is 27.4. The minimum atomic E-state index is -3.75. The number of piperazine rings is 1. The predicted molar refractivity (Wildman–Crippen MR) is 145 cm³/mol. The number of carbonyl (C=O) groups excluding carboxylic acids is 1. The van der Waals surface area contributed by atoms with Gasteiger partial charge in [-0.05, 0) is 50.0 Å². The third-order valence-corrected chi connectivity index (χ3v) is 9.69. The summed E-state index contributed by atoms with van der Waals surface area (Å²) in [4.78, 5) is 19.8. The van der Waals surface area contributed by atoms with Crippen LogP contribution in [0.2, 0.25) is 0 Å². The van der Waals surface area contributed by atoms with Gasteiger partial charge in [0.2, 0.25) is 10.0 Å². The van der Waals surface area contributed by atoms with E-state index in [1.54, 1.807) is 18.2 Å². The molecule has 3 aliphatic rings. The van der Waals surface area contributed by atoms with Gasteiger partial charge in [-0.15, -0.1) is 0 Å². The van der Waals surface area contributed by atoms with Gasteiger partial charge in [0.1, 0.15) is 11.4 Å². The molecular formula is C27H42FN5O4S. The molecule has 0 radical (unpaired) electrons. The van der Waals surface area contributed by atoms with Gasteiger partial charge in [-0.3, -0.25) is 14.1 Å². The molecule has 9 nitrogen and oxygen atoms in total. The van der Waals surface area contributed by atoms with Crippen molar-refractivity contribution in [2.45, 2.75) is 57.1 Å². The number of hydrogen-bond acceptors (Lipinski definition) is 7. The third-order valence-electron chi connectivity index (χ3n) is 7.80. The van der Waals surface area contributed by atoms with Crippen molar-refractivity contribution >= 4 is 15.9 Å². The zero-order valence-electron chi connectivity index (χ0n) is 23.1. The molecule has 0 aromatic heterocycles. The first-order valence-electron chi connectivity index (χ1n) is 13.8. The van der Waals surface area contributed by atoms with E-state index in [1.807, 2.05) is 18.9 Å². The van der Waals surface area contributed by atoms with E-state index >= 15 is 0 Å². The minimum absolute atomic E-state index is 0.0873. The van der Waals surface area contributed by atoms with Gasteiger partial charge in [0, 0.05) is 58.4 Å². The van der Waals surface area contributed by atoms with E-state index in [2.05, 4.69) is 29.0 Å². The molecule has 2 unspecified atom stereocenters. The number of sulfonamides is 1. The number of amides is 1. The molecule has 3 aliphatic heterocycles. The topological polar surface area (TPSA) is 85.4 Å². The maximum absolute atomic E-state index is 13.7. The highest BCUT2D eigenvalue weighted by Crippen LogP contribution is 2.41. The predicted octanol–water partition coefficient (Wildman–Crippen LogP) is 2.57. The van der Waals surface area contributed by atoms with E-state index in [-0.39, 0.29) is 23.6 Å². The molecule has 2 atom stereocenters. The van der Waals surface area contributed by atoms with Crippen LogP contribution in [0.15, 0.2) is 34.4 Å². The quantitative estimate of drug-likeness (QED) is 0.453. The summed E-state index contributed by atoms with van der Waals surface area (Å²) >= 11 is 0. The van der Waals surface area contributed by atoms with Crippen LogP contribution in [0.1, 0.15) is 51.6 Å². The number of carbonyl (C=O) groups is 1. The first-order chi connectivity index (χ1) is 18.2. The van der Waals surface area contributed by atoms with Crippen LogP contribution in [0.25, 0.3) is 0 Å². The fourth-order valence-electron chi connectivity index (χ4n) is 5.61. The Labute approximate surface area is 226 Å². The minimum Gasteiger partial charge on any atom is -0.493 e. The summed E-state index contributed by atoms with van der Waals surface area (Å²) in [5.74, 6) is 0.443. The summed E-state index contributed by atoms with van der Waals surface area (Å²) in [6, 6.07) is 4.54. The van der Waals surface area contributed by atoms with Crippen molar-refractivity contribution < 1.29 is 22.3 Å². The number of nitrogens with zero attached hydrogens (tertiary/aromatic N) is 4. The second kappa shape index (κ2) is 12.3. The average Bonchev–Trinajstić information content (AvgIpc) is 3.25. The second-order valence-corrected chi connectivity index (χ2v) is 12.3. The van der Waals surface area contributed by atoms with Crippen LogP contribution < -0.4 is 10.1 Å². The van der Waals surface area contributed by atoms with Crippen LogP contribution in [0, 0.1) is 0 Å². The van der Waals surface area contributed by atoms with Crippen molar-refractivity contribution in [3.8, 4) is 5.75 Å². The first kappa shape index (κ1) is 28.8. The summed E-state index contributed by atoms with van der Waals surface area (Å²) in [5.41, 5.74) is 2.27. The summed E-state index contributed by atoms with van der Waals surface area (Å²) in [6.07, 6.45) is 2.35. The monoisotopic (exact) mass is 551 g/mol. The Hall–Kier alpha value is -2.21. The van der Waals surface area contributed by atoms with Crippen LogP contribution in [0.3, 0.4) is 0 Å². The molecule has 1 amide bonds. The van der Waals surface area contributed by atoms with Gasteiger partial charge in [0.05, 0.1) is 30.4 Å². The SMILES string of the molecule is CCCOc1ccc(S(=O)(=O)N2CCN(CCCF)CC2)cc1C1NC(=O)C2=C1CN(CCC)C(C)N2C. The van der Waals surface area contributed by atoms with E-state index in [4.69, 9.17) is 4.74 Å². The van der Waals surface area contributed by atoms with E-state index < -0.39 is 16.1 Å². The Morgan fingerprint density at radius 2 is 1.84 bits per heavy atom. The molecule has 11 heteroatoms. The molecule has 4 rings (SSSR count). The lowest BCUT2D eigenvalue weighted by Gasteiger charge is -2.41. The van der Waals surface area contributed by atoms with Gasteiger partial charge >= 0.3 is 0 Å². The van der Waals surface area contributed by atoms with Crippen LogP contribution in [-0.4, -0.2) is 106 Å².